The molecule has 0 bridgehead atoms. The third kappa shape index (κ3) is 4.26. The van der Waals surface area contributed by atoms with Crippen LogP contribution in [0, 0.1) is 0 Å². The second-order valence-corrected chi connectivity index (χ2v) is 2.64. The molecular weight excluding hydrogens is 194 g/mol. The summed E-state index contributed by atoms with van der Waals surface area (Å²) in [6.07, 6.45) is 4.68. The molecule has 0 amide bonds. The fourth-order valence-corrected chi connectivity index (χ4v) is 0.885. The van der Waals surface area contributed by atoms with E-state index < -0.39 is 5.97 Å². The highest BCUT2D eigenvalue weighted by atomic mass is 16.5. The zero-order valence-electron chi connectivity index (χ0n) is 8.55. The topological polar surface area (TPSA) is 48.4 Å². The zero-order chi connectivity index (χ0) is 10.9. The predicted octanol–water partition coefficient (Wildman–Crippen LogP) is 1.79. The summed E-state index contributed by atoms with van der Waals surface area (Å²) in [6, 6.07) is 5.08. The molecule has 1 aromatic heterocycles. The van der Waals surface area contributed by atoms with Crippen molar-refractivity contribution >= 4 is 5.97 Å². The van der Waals surface area contributed by atoms with E-state index in [2.05, 4.69) is 4.98 Å². The van der Waals surface area contributed by atoms with Crippen LogP contribution in [0.15, 0.2) is 36.7 Å². The molecule has 0 aliphatic rings. The molecule has 0 aromatic carbocycles. The molecular formula is C11H13NO3. The van der Waals surface area contributed by atoms with Crippen molar-refractivity contribution in [1.29, 1.82) is 0 Å². The Bertz CT molecular complexity index is 322. The van der Waals surface area contributed by atoms with Crippen molar-refractivity contribution in [3.63, 3.8) is 0 Å². The average Bonchev–Trinajstić information content (AvgIpc) is 2.30. The Hall–Kier alpha value is -1.84. The van der Waals surface area contributed by atoms with E-state index in [1.165, 1.54) is 6.26 Å². The number of hydrogen-bond acceptors (Lipinski definition) is 4. The van der Waals surface area contributed by atoms with Gasteiger partial charge < -0.3 is 9.47 Å². The number of carbonyl (C=O) groups is 1. The molecule has 0 unspecified atom stereocenters. The molecule has 15 heavy (non-hydrogen) atoms. The van der Waals surface area contributed by atoms with Crippen LogP contribution in [0.3, 0.4) is 0 Å². The van der Waals surface area contributed by atoms with E-state index in [0.29, 0.717) is 12.3 Å². The number of esters is 1. The normalized spacial score (nSPS) is 10.2. The highest BCUT2D eigenvalue weighted by Crippen LogP contribution is 1.96. The van der Waals surface area contributed by atoms with Crippen LogP contribution in [0.25, 0.3) is 0 Å². The molecule has 0 spiro atoms. The third-order valence-electron chi connectivity index (χ3n) is 1.54. The minimum atomic E-state index is -0.434. The van der Waals surface area contributed by atoms with Gasteiger partial charge in [0.25, 0.3) is 0 Å². The van der Waals surface area contributed by atoms with Gasteiger partial charge in [0.15, 0.2) is 0 Å². The van der Waals surface area contributed by atoms with Gasteiger partial charge >= 0.3 is 5.97 Å². The largest absolute Gasteiger partial charge is 0.502 e. The van der Waals surface area contributed by atoms with Gasteiger partial charge in [-0.1, -0.05) is 6.07 Å². The molecule has 1 rings (SSSR count). The molecule has 0 atom stereocenters. The molecule has 0 N–H and O–H groups in total. The molecule has 0 aliphatic heterocycles. The fourth-order valence-electron chi connectivity index (χ4n) is 0.885. The molecule has 0 saturated heterocycles. The van der Waals surface area contributed by atoms with E-state index in [-0.39, 0.29) is 6.61 Å². The summed E-state index contributed by atoms with van der Waals surface area (Å²) in [6.45, 7) is 2.67. The van der Waals surface area contributed by atoms with Gasteiger partial charge in [0.05, 0.1) is 12.9 Å². The maximum atomic E-state index is 11.3. The fraction of sp³-hybridized carbons (Fsp3) is 0.273. The van der Waals surface area contributed by atoms with E-state index in [9.17, 15) is 4.79 Å². The molecule has 4 heteroatoms. The molecule has 0 saturated carbocycles. The number of nitrogens with zero attached hydrogens (tertiary/aromatic N) is 1. The second kappa shape index (κ2) is 6.59. The minimum Gasteiger partial charge on any atom is -0.502 e. The lowest BCUT2D eigenvalue weighted by atomic mass is 10.3. The predicted molar refractivity (Wildman–Crippen MR) is 55.3 cm³/mol. The van der Waals surface area contributed by atoms with Gasteiger partial charge in [-0.2, -0.15) is 0 Å². The zero-order valence-corrected chi connectivity index (χ0v) is 8.55. The Morgan fingerprint density at radius 2 is 2.40 bits per heavy atom. The van der Waals surface area contributed by atoms with Crippen molar-refractivity contribution in [2.24, 2.45) is 0 Å². The van der Waals surface area contributed by atoms with Crippen LogP contribution >= 0.6 is 0 Å². The first kappa shape index (κ1) is 11.2. The smallest absolute Gasteiger partial charge is 0.357 e. The van der Waals surface area contributed by atoms with Crippen LogP contribution in [0.2, 0.25) is 0 Å². The van der Waals surface area contributed by atoms with Crippen LogP contribution in [0.4, 0.5) is 0 Å². The molecule has 0 radical (unpaired) electrons. The summed E-state index contributed by atoms with van der Waals surface area (Å²) < 4.78 is 9.84. The van der Waals surface area contributed by atoms with E-state index >= 15 is 0 Å². The van der Waals surface area contributed by atoms with E-state index in [4.69, 9.17) is 9.47 Å². The highest BCUT2D eigenvalue weighted by Gasteiger charge is 2.05. The van der Waals surface area contributed by atoms with Crippen LogP contribution in [0.1, 0.15) is 17.4 Å². The lowest BCUT2D eigenvalue weighted by Gasteiger charge is -2.00. The Morgan fingerprint density at radius 1 is 1.53 bits per heavy atom. The van der Waals surface area contributed by atoms with Gasteiger partial charge in [-0.05, 0) is 25.1 Å². The SMILES string of the molecule is CCO/C=C/COC(=O)c1ccccn1. The lowest BCUT2D eigenvalue weighted by Crippen LogP contribution is -2.06. The van der Waals surface area contributed by atoms with Gasteiger partial charge in [-0.15, -0.1) is 0 Å². The second-order valence-electron chi connectivity index (χ2n) is 2.64. The Balaban J connectivity index is 2.31. The van der Waals surface area contributed by atoms with Crippen molar-refractivity contribution in [2.45, 2.75) is 6.92 Å². The van der Waals surface area contributed by atoms with Crippen LogP contribution < -0.4 is 0 Å². The summed E-state index contributed by atoms with van der Waals surface area (Å²) >= 11 is 0. The van der Waals surface area contributed by atoms with Crippen LogP contribution in [0.5, 0.6) is 0 Å². The first-order valence-corrected chi connectivity index (χ1v) is 4.69. The summed E-state index contributed by atoms with van der Waals surface area (Å²) in [7, 11) is 0. The van der Waals surface area contributed by atoms with Gasteiger partial charge in [0.1, 0.15) is 12.3 Å². The van der Waals surface area contributed by atoms with E-state index in [1.54, 1.807) is 30.5 Å². The van der Waals surface area contributed by atoms with E-state index in [1.807, 2.05) is 6.92 Å². The maximum absolute atomic E-state index is 11.3. The number of hydrogen-bond donors (Lipinski definition) is 0. The van der Waals surface area contributed by atoms with Gasteiger partial charge in [-0.25, -0.2) is 9.78 Å². The van der Waals surface area contributed by atoms with Crippen molar-refractivity contribution in [3.8, 4) is 0 Å². The Kier molecular flexibility index (Phi) is 4.94. The van der Waals surface area contributed by atoms with E-state index in [0.717, 1.165) is 0 Å². The number of pyridine rings is 1. The summed E-state index contributed by atoms with van der Waals surface area (Å²) in [5, 5.41) is 0. The minimum absolute atomic E-state index is 0.190. The Labute approximate surface area is 88.5 Å². The lowest BCUT2D eigenvalue weighted by molar-refractivity contribution is 0.0540. The third-order valence-corrected chi connectivity index (χ3v) is 1.54. The summed E-state index contributed by atoms with van der Waals surface area (Å²) in [5.74, 6) is -0.434. The van der Waals surface area contributed by atoms with Gasteiger partial charge in [0, 0.05) is 6.20 Å². The first-order chi connectivity index (χ1) is 7.34. The Morgan fingerprint density at radius 3 is 3.07 bits per heavy atom. The molecule has 0 aliphatic carbocycles. The van der Waals surface area contributed by atoms with Crippen LogP contribution in [-0.2, 0) is 9.47 Å². The molecule has 1 heterocycles. The first-order valence-electron chi connectivity index (χ1n) is 4.69. The summed E-state index contributed by atoms with van der Waals surface area (Å²) in [5.41, 5.74) is 0.308. The number of aromatic nitrogens is 1. The summed E-state index contributed by atoms with van der Waals surface area (Å²) in [4.78, 5) is 15.2. The number of ether oxygens (including phenoxy) is 2. The molecule has 80 valence electrons. The van der Waals surface area contributed by atoms with Gasteiger partial charge in [0.2, 0.25) is 0 Å². The molecule has 1 aromatic rings. The number of carbonyl (C=O) groups excluding carboxylic acids is 1. The monoisotopic (exact) mass is 207 g/mol. The number of rotatable bonds is 5. The van der Waals surface area contributed by atoms with Crippen molar-refractivity contribution in [1.82, 2.24) is 4.98 Å². The highest BCUT2D eigenvalue weighted by molar-refractivity contribution is 5.87. The van der Waals surface area contributed by atoms with Crippen LogP contribution in [-0.4, -0.2) is 24.2 Å². The van der Waals surface area contributed by atoms with Crippen molar-refractivity contribution in [2.75, 3.05) is 13.2 Å². The average molecular weight is 207 g/mol. The van der Waals surface area contributed by atoms with Gasteiger partial charge in [-0.3, -0.25) is 0 Å². The molecule has 4 nitrogen and oxygen atoms in total. The maximum Gasteiger partial charge on any atom is 0.357 e. The molecule has 0 fully saturated rings. The standard InChI is InChI=1S/C11H13NO3/c1-2-14-8-5-9-15-11(13)10-6-3-4-7-12-10/h3-8H,2,9H2,1H3/b8-5+. The van der Waals surface area contributed by atoms with Crippen molar-refractivity contribution < 1.29 is 14.3 Å². The quantitative estimate of drug-likeness (QED) is 0.545. The van der Waals surface area contributed by atoms with Crippen molar-refractivity contribution in [3.05, 3.63) is 42.4 Å².